The van der Waals surface area contributed by atoms with Crippen LogP contribution >= 0.6 is 12.4 Å². The Kier molecular flexibility index (Phi) is 6.26. The van der Waals surface area contributed by atoms with Gasteiger partial charge in [-0.1, -0.05) is 18.9 Å². The van der Waals surface area contributed by atoms with E-state index in [1.165, 1.54) is 18.2 Å². The molecule has 1 aliphatic rings. The molecule has 1 fully saturated rings. The molecule has 132 valence electrons. The van der Waals surface area contributed by atoms with E-state index < -0.39 is 25.4 Å². The lowest BCUT2D eigenvalue weighted by Gasteiger charge is -2.28. The Bertz CT molecular complexity index is 770. The summed E-state index contributed by atoms with van der Waals surface area (Å²) in [6, 6.07) is 4.14. The highest BCUT2D eigenvalue weighted by atomic mass is 35.5. The Morgan fingerprint density at radius 1 is 1.17 bits per heavy atom. The second-order valence-electron chi connectivity index (χ2n) is 6.00. The monoisotopic (exact) mass is 382 g/mol. The summed E-state index contributed by atoms with van der Waals surface area (Å²) in [6.07, 6.45) is 4.32. The van der Waals surface area contributed by atoms with E-state index in [9.17, 15) is 16.8 Å². The van der Waals surface area contributed by atoms with Gasteiger partial charge in [0.1, 0.15) is 0 Å². The zero-order valence-electron chi connectivity index (χ0n) is 13.2. The largest absolute Gasteiger partial charge is 0.329 e. The maximum Gasteiger partial charge on any atom is 0.241 e. The second kappa shape index (κ2) is 7.06. The summed E-state index contributed by atoms with van der Waals surface area (Å²) in [5.41, 5.74) is 5.65. The van der Waals surface area contributed by atoms with Crippen molar-refractivity contribution in [1.82, 2.24) is 4.72 Å². The van der Waals surface area contributed by atoms with Crippen molar-refractivity contribution in [3.05, 3.63) is 23.8 Å². The average Bonchev–Trinajstić information content (AvgIpc) is 2.86. The van der Waals surface area contributed by atoms with Crippen molar-refractivity contribution in [3.63, 3.8) is 0 Å². The minimum absolute atomic E-state index is 0. The molecule has 2 rings (SSSR count). The zero-order chi connectivity index (χ0) is 16.6. The van der Waals surface area contributed by atoms with Gasteiger partial charge < -0.3 is 5.73 Å². The van der Waals surface area contributed by atoms with Crippen LogP contribution in [0.5, 0.6) is 0 Å². The first-order valence-corrected chi connectivity index (χ1v) is 10.5. The molecule has 23 heavy (non-hydrogen) atoms. The molecule has 3 N–H and O–H groups in total. The molecule has 1 aromatic carbocycles. The van der Waals surface area contributed by atoms with Gasteiger partial charge >= 0.3 is 0 Å². The van der Waals surface area contributed by atoms with Gasteiger partial charge in [-0.2, -0.15) is 0 Å². The number of benzene rings is 1. The molecule has 0 radical (unpaired) electrons. The molecule has 0 bridgehead atoms. The highest BCUT2D eigenvalue weighted by molar-refractivity contribution is 7.91. The van der Waals surface area contributed by atoms with E-state index in [0.29, 0.717) is 18.4 Å². The zero-order valence-corrected chi connectivity index (χ0v) is 15.7. The van der Waals surface area contributed by atoms with E-state index in [0.717, 1.165) is 19.1 Å². The maximum absolute atomic E-state index is 12.7. The Hall–Kier alpha value is -0.670. The summed E-state index contributed by atoms with van der Waals surface area (Å²) in [4.78, 5) is -0.0122. The highest BCUT2D eigenvalue weighted by Crippen LogP contribution is 2.31. The van der Waals surface area contributed by atoms with Crippen LogP contribution in [0.2, 0.25) is 0 Å². The van der Waals surface area contributed by atoms with Gasteiger partial charge in [-0.3, -0.25) is 0 Å². The number of aryl methyl sites for hydroxylation is 1. The van der Waals surface area contributed by atoms with Crippen LogP contribution in [-0.2, 0) is 19.9 Å². The van der Waals surface area contributed by atoms with Crippen molar-refractivity contribution < 1.29 is 16.8 Å². The van der Waals surface area contributed by atoms with Gasteiger partial charge in [0.05, 0.1) is 9.79 Å². The fourth-order valence-corrected chi connectivity index (χ4v) is 5.30. The molecule has 1 aromatic rings. The summed E-state index contributed by atoms with van der Waals surface area (Å²) in [5.74, 6) is 0. The van der Waals surface area contributed by atoms with Crippen molar-refractivity contribution in [1.29, 1.82) is 0 Å². The van der Waals surface area contributed by atoms with Crippen molar-refractivity contribution in [2.24, 2.45) is 5.73 Å². The molecule has 1 saturated carbocycles. The van der Waals surface area contributed by atoms with Gasteiger partial charge in [-0.15, -0.1) is 12.4 Å². The Balaban J connectivity index is 0.00000264. The van der Waals surface area contributed by atoms with E-state index in [4.69, 9.17) is 5.73 Å². The molecule has 0 aliphatic heterocycles. The number of hydrogen-bond donors (Lipinski definition) is 2. The lowest BCUT2D eigenvalue weighted by molar-refractivity contribution is 0.399. The van der Waals surface area contributed by atoms with Gasteiger partial charge in [0, 0.05) is 18.3 Å². The van der Waals surface area contributed by atoms with Crippen molar-refractivity contribution in [2.75, 3.05) is 12.8 Å². The fraction of sp³-hybridized carbons (Fsp3) is 0.571. The smallest absolute Gasteiger partial charge is 0.241 e. The Labute approximate surface area is 144 Å². The minimum atomic E-state index is -3.82. The summed E-state index contributed by atoms with van der Waals surface area (Å²) in [6.45, 7) is 1.88. The van der Waals surface area contributed by atoms with Crippen LogP contribution in [0.15, 0.2) is 28.0 Å². The van der Waals surface area contributed by atoms with Crippen LogP contribution in [-0.4, -0.2) is 35.2 Å². The molecule has 0 aromatic heterocycles. The number of sulfonamides is 1. The van der Waals surface area contributed by atoms with Crippen LogP contribution in [0, 0.1) is 6.92 Å². The number of nitrogens with one attached hydrogen (secondary N) is 1. The van der Waals surface area contributed by atoms with Gasteiger partial charge in [0.15, 0.2) is 9.84 Å². The molecule has 0 unspecified atom stereocenters. The number of sulfone groups is 1. The molecule has 0 spiro atoms. The molecular weight excluding hydrogens is 360 g/mol. The van der Waals surface area contributed by atoms with Gasteiger partial charge in [0.25, 0.3) is 0 Å². The summed E-state index contributed by atoms with van der Waals surface area (Å²) in [5, 5.41) is 0. The maximum atomic E-state index is 12.7. The van der Waals surface area contributed by atoms with Crippen molar-refractivity contribution >= 4 is 32.3 Å². The number of hydrogen-bond acceptors (Lipinski definition) is 5. The molecule has 0 heterocycles. The van der Waals surface area contributed by atoms with E-state index in [2.05, 4.69) is 4.72 Å². The van der Waals surface area contributed by atoms with E-state index >= 15 is 0 Å². The third kappa shape index (κ3) is 4.45. The van der Waals surface area contributed by atoms with Gasteiger partial charge in [0.2, 0.25) is 10.0 Å². The topological polar surface area (TPSA) is 106 Å². The van der Waals surface area contributed by atoms with Gasteiger partial charge in [-0.05, 0) is 37.5 Å². The first-order chi connectivity index (χ1) is 10.1. The third-order valence-electron chi connectivity index (χ3n) is 4.18. The molecule has 0 saturated heterocycles. The summed E-state index contributed by atoms with van der Waals surface area (Å²) >= 11 is 0. The predicted octanol–water partition coefficient (Wildman–Crippen LogP) is 1.37. The van der Waals surface area contributed by atoms with E-state index in [1.807, 2.05) is 0 Å². The predicted molar refractivity (Wildman–Crippen MR) is 92.1 cm³/mol. The van der Waals surface area contributed by atoms with Gasteiger partial charge in [-0.25, -0.2) is 21.6 Å². The molecule has 1 aliphatic carbocycles. The highest BCUT2D eigenvalue weighted by Gasteiger charge is 2.37. The normalized spacial score (nSPS) is 17.7. The lowest BCUT2D eigenvalue weighted by atomic mass is 10.0. The van der Waals surface area contributed by atoms with Crippen molar-refractivity contribution in [2.45, 2.75) is 47.9 Å². The second-order valence-corrected chi connectivity index (χ2v) is 9.66. The molecule has 0 amide bonds. The third-order valence-corrected chi connectivity index (χ3v) is 7.01. The quantitative estimate of drug-likeness (QED) is 0.799. The first-order valence-electron chi connectivity index (χ1n) is 7.14. The standard InChI is InChI=1S/C14H22N2O4S2.ClH/c1-11-5-6-12(21(2,17)18)9-13(11)22(19,20)16-14(10-15)7-3-4-8-14;/h5-6,9,16H,3-4,7-8,10,15H2,1-2H3;1H. The fourth-order valence-electron chi connectivity index (χ4n) is 2.84. The molecule has 0 atom stereocenters. The number of nitrogens with two attached hydrogens (primary N) is 1. The summed E-state index contributed by atoms with van der Waals surface area (Å²) in [7, 11) is -7.29. The Morgan fingerprint density at radius 3 is 2.22 bits per heavy atom. The minimum Gasteiger partial charge on any atom is -0.329 e. The molecule has 6 nitrogen and oxygen atoms in total. The van der Waals surface area contributed by atoms with Crippen LogP contribution in [0.4, 0.5) is 0 Å². The van der Waals surface area contributed by atoms with Crippen molar-refractivity contribution in [3.8, 4) is 0 Å². The van der Waals surface area contributed by atoms with Crippen LogP contribution < -0.4 is 10.5 Å². The molecular formula is C14H23ClN2O4S2. The average molecular weight is 383 g/mol. The van der Waals surface area contributed by atoms with Crippen LogP contribution in [0.25, 0.3) is 0 Å². The van der Waals surface area contributed by atoms with E-state index in [1.54, 1.807) is 6.92 Å². The summed E-state index contributed by atoms with van der Waals surface area (Å²) < 4.78 is 51.4. The van der Waals surface area contributed by atoms with Crippen LogP contribution in [0.3, 0.4) is 0 Å². The van der Waals surface area contributed by atoms with Crippen LogP contribution in [0.1, 0.15) is 31.2 Å². The number of rotatable bonds is 5. The number of halogens is 1. The SMILES string of the molecule is Cc1ccc(S(C)(=O)=O)cc1S(=O)(=O)NC1(CN)CCCC1.Cl. The Morgan fingerprint density at radius 2 is 1.74 bits per heavy atom. The molecule has 9 heteroatoms. The van der Waals surface area contributed by atoms with E-state index in [-0.39, 0.29) is 28.7 Å². The first kappa shape index (κ1) is 20.4. The lowest BCUT2D eigenvalue weighted by Crippen LogP contribution is -2.51.